The number of hydrogen-bond donors (Lipinski definition) is 2. The van der Waals surface area contributed by atoms with E-state index >= 15 is 0 Å². The number of carbonyl (C=O) groups excluding carboxylic acids is 1. The van der Waals surface area contributed by atoms with E-state index in [0.29, 0.717) is 12.8 Å². The van der Waals surface area contributed by atoms with Gasteiger partial charge in [-0.15, -0.1) is 0 Å². The van der Waals surface area contributed by atoms with Gasteiger partial charge in [0.05, 0.1) is 18.4 Å². The smallest absolute Gasteiger partial charge is 0.220 e. The van der Waals surface area contributed by atoms with Gasteiger partial charge in [-0.25, -0.2) is 0 Å². The monoisotopic (exact) mass is 239 g/mol. The van der Waals surface area contributed by atoms with Crippen LogP contribution >= 0.6 is 0 Å². The molecule has 0 unspecified atom stereocenters. The molecule has 17 heavy (non-hydrogen) atoms. The normalized spacial score (nSPS) is 11.5. The molecule has 1 aromatic rings. The number of hydrogen-bond acceptors (Lipinski definition) is 3. The second kappa shape index (κ2) is 6.45. The molecule has 0 saturated heterocycles. The third-order valence-corrected chi connectivity index (χ3v) is 3.24. The number of nitrogens with one attached hydrogen (secondary N) is 1. The summed E-state index contributed by atoms with van der Waals surface area (Å²) in [6.07, 6.45) is 4.03. The minimum absolute atomic E-state index is 0.0213. The Kier molecular flexibility index (Phi) is 5.22. The largest absolute Gasteiger partial charge is 0.469 e. The average Bonchev–Trinajstić information content (AvgIpc) is 2.87. The van der Waals surface area contributed by atoms with Crippen LogP contribution < -0.4 is 5.32 Å². The molecule has 1 aromatic heterocycles. The van der Waals surface area contributed by atoms with Crippen molar-refractivity contribution < 1.29 is 14.3 Å². The van der Waals surface area contributed by atoms with Gasteiger partial charge in [-0.3, -0.25) is 4.79 Å². The van der Waals surface area contributed by atoms with E-state index in [-0.39, 0.29) is 12.5 Å². The van der Waals surface area contributed by atoms with E-state index in [4.69, 9.17) is 4.42 Å². The Hall–Kier alpha value is -1.29. The summed E-state index contributed by atoms with van der Waals surface area (Å²) < 4.78 is 5.16. The standard InChI is InChI=1S/C13H21NO3/c1-3-13(4-2,10-15)14-12(16)8-7-11-6-5-9-17-11/h5-6,9,15H,3-4,7-8,10H2,1-2H3,(H,14,16). The first-order valence-corrected chi connectivity index (χ1v) is 6.10. The van der Waals surface area contributed by atoms with E-state index in [9.17, 15) is 9.90 Å². The molecule has 1 rings (SSSR count). The molecule has 0 aliphatic heterocycles. The lowest BCUT2D eigenvalue weighted by Gasteiger charge is -2.30. The van der Waals surface area contributed by atoms with Gasteiger partial charge in [0.2, 0.25) is 5.91 Å². The number of aliphatic hydroxyl groups is 1. The lowest BCUT2D eigenvalue weighted by molar-refractivity contribution is -0.123. The average molecular weight is 239 g/mol. The Bertz CT molecular complexity index is 320. The minimum Gasteiger partial charge on any atom is -0.469 e. The topological polar surface area (TPSA) is 62.5 Å². The molecule has 0 spiro atoms. The highest BCUT2D eigenvalue weighted by molar-refractivity contribution is 5.77. The van der Waals surface area contributed by atoms with Gasteiger partial charge in [0.1, 0.15) is 5.76 Å². The zero-order valence-corrected chi connectivity index (χ0v) is 10.5. The molecule has 96 valence electrons. The predicted molar refractivity (Wildman–Crippen MR) is 65.6 cm³/mol. The van der Waals surface area contributed by atoms with E-state index in [0.717, 1.165) is 18.6 Å². The predicted octanol–water partition coefficient (Wildman–Crippen LogP) is 1.88. The molecule has 1 amide bonds. The fourth-order valence-electron chi connectivity index (χ4n) is 1.74. The third-order valence-electron chi connectivity index (χ3n) is 3.24. The van der Waals surface area contributed by atoms with Gasteiger partial charge in [0, 0.05) is 12.8 Å². The van der Waals surface area contributed by atoms with E-state index < -0.39 is 5.54 Å². The maximum absolute atomic E-state index is 11.8. The second-order valence-electron chi connectivity index (χ2n) is 4.27. The van der Waals surface area contributed by atoms with Crippen molar-refractivity contribution in [3.05, 3.63) is 24.2 Å². The van der Waals surface area contributed by atoms with E-state index in [2.05, 4.69) is 5.32 Å². The zero-order chi connectivity index (χ0) is 12.7. The summed E-state index contributed by atoms with van der Waals surface area (Å²) in [5.41, 5.74) is -0.472. The molecule has 0 aromatic carbocycles. The van der Waals surface area contributed by atoms with Gasteiger partial charge in [-0.2, -0.15) is 0 Å². The van der Waals surface area contributed by atoms with Gasteiger partial charge in [-0.1, -0.05) is 13.8 Å². The van der Waals surface area contributed by atoms with Crippen LogP contribution in [-0.4, -0.2) is 23.2 Å². The maximum Gasteiger partial charge on any atom is 0.220 e. The summed E-state index contributed by atoms with van der Waals surface area (Å²) >= 11 is 0. The van der Waals surface area contributed by atoms with Gasteiger partial charge in [0.15, 0.2) is 0 Å². The van der Waals surface area contributed by atoms with Crippen molar-refractivity contribution in [1.29, 1.82) is 0 Å². The molecule has 0 atom stereocenters. The van der Waals surface area contributed by atoms with Crippen LogP contribution in [0.2, 0.25) is 0 Å². The first kappa shape index (κ1) is 13.8. The number of amides is 1. The van der Waals surface area contributed by atoms with Crippen LogP contribution in [-0.2, 0) is 11.2 Å². The Labute approximate surface area is 102 Å². The third kappa shape index (κ3) is 3.89. The molecule has 2 N–H and O–H groups in total. The molecule has 4 heteroatoms. The highest BCUT2D eigenvalue weighted by Crippen LogP contribution is 2.14. The highest BCUT2D eigenvalue weighted by Gasteiger charge is 2.26. The molecule has 0 saturated carbocycles. The molecular weight excluding hydrogens is 218 g/mol. The summed E-state index contributed by atoms with van der Waals surface area (Å²) in [5.74, 6) is 0.766. The fourth-order valence-corrected chi connectivity index (χ4v) is 1.74. The van der Waals surface area contributed by atoms with Crippen LogP contribution in [0.15, 0.2) is 22.8 Å². The summed E-state index contributed by atoms with van der Waals surface area (Å²) in [5, 5.41) is 12.3. The summed E-state index contributed by atoms with van der Waals surface area (Å²) in [6, 6.07) is 3.66. The van der Waals surface area contributed by atoms with E-state index in [1.807, 2.05) is 26.0 Å². The molecule has 0 fully saturated rings. The molecule has 4 nitrogen and oxygen atoms in total. The number of aliphatic hydroxyl groups excluding tert-OH is 1. The fraction of sp³-hybridized carbons (Fsp3) is 0.615. The van der Waals surface area contributed by atoms with Crippen molar-refractivity contribution in [2.75, 3.05) is 6.61 Å². The van der Waals surface area contributed by atoms with Crippen molar-refractivity contribution in [2.24, 2.45) is 0 Å². The zero-order valence-electron chi connectivity index (χ0n) is 10.5. The Morgan fingerprint density at radius 1 is 1.47 bits per heavy atom. The van der Waals surface area contributed by atoms with Gasteiger partial charge in [-0.05, 0) is 25.0 Å². The van der Waals surface area contributed by atoms with Crippen molar-refractivity contribution in [3.8, 4) is 0 Å². The summed E-state index contributed by atoms with van der Waals surface area (Å²) in [4.78, 5) is 11.8. The molecule has 0 aliphatic carbocycles. The highest BCUT2D eigenvalue weighted by atomic mass is 16.3. The SMILES string of the molecule is CCC(CC)(CO)NC(=O)CCc1ccco1. The molecular formula is C13H21NO3. The Morgan fingerprint density at radius 3 is 2.65 bits per heavy atom. The van der Waals surface area contributed by atoms with Crippen LogP contribution in [0.5, 0.6) is 0 Å². The maximum atomic E-state index is 11.8. The Morgan fingerprint density at radius 2 is 2.18 bits per heavy atom. The number of rotatable bonds is 7. The first-order valence-electron chi connectivity index (χ1n) is 6.10. The molecule has 0 bridgehead atoms. The summed E-state index contributed by atoms with van der Waals surface area (Å²) in [6.45, 7) is 3.91. The van der Waals surface area contributed by atoms with Crippen molar-refractivity contribution in [2.45, 2.75) is 45.1 Å². The van der Waals surface area contributed by atoms with E-state index in [1.54, 1.807) is 6.26 Å². The lowest BCUT2D eigenvalue weighted by Crippen LogP contribution is -2.50. The number of carbonyl (C=O) groups is 1. The van der Waals surface area contributed by atoms with Gasteiger partial charge < -0.3 is 14.8 Å². The van der Waals surface area contributed by atoms with Crippen molar-refractivity contribution in [3.63, 3.8) is 0 Å². The van der Waals surface area contributed by atoms with Crippen LogP contribution in [0.3, 0.4) is 0 Å². The van der Waals surface area contributed by atoms with Gasteiger partial charge in [0.25, 0.3) is 0 Å². The van der Waals surface area contributed by atoms with Crippen molar-refractivity contribution >= 4 is 5.91 Å². The minimum atomic E-state index is -0.472. The molecule has 1 heterocycles. The molecule has 0 radical (unpaired) electrons. The van der Waals surface area contributed by atoms with Crippen LogP contribution in [0.4, 0.5) is 0 Å². The van der Waals surface area contributed by atoms with Crippen molar-refractivity contribution in [1.82, 2.24) is 5.32 Å². The second-order valence-corrected chi connectivity index (χ2v) is 4.27. The lowest BCUT2D eigenvalue weighted by atomic mass is 9.93. The van der Waals surface area contributed by atoms with Crippen LogP contribution in [0.1, 0.15) is 38.9 Å². The quantitative estimate of drug-likeness (QED) is 0.763. The first-order chi connectivity index (χ1) is 8.15. The van der Waals surface area contributed by atoms with E-state index in [1.165, 1.54) is 0 Å². The Balaban J connectivity index is 2.42. The molecule has 0 aliphatic rings. The van der Waals surface area contributed by atoms with Crippen LogP contribution in [0.25, 0.3) is 0 Å². The van der Waals surface area contributed by atoms with Gasteiger partial charge >= 0.3 is 0 Å². The van der Waals surface area contributed by atoms with Crippen LogP contribution in [0, 0.1) is 0 Å². The number of furan rings is 1. The summed E-state index contributed by atoms with van der Waals surface area (Å²) in [7, 11) is 0. The number of aryl methyl sites for hydroxylation is 1.